The third-order valence-electron chi connectivity index (χ3n) is 6.30. The van der Waals surface area contributed by atoms with Gasteiger partial charge in [-0.3, -0.25) is 4.79 Å². The lowest BCUT2D eigenvalue weighted by Crippen LogP contribution is -2.40. The van der Waals surface area contributed by atoms with Gasteiger partial charge in [0.25, 0.3) is 0 Å². The van der Waals surface area contributed by atoms with E-state index >= 15 is 0 Å². The maximum Gasteiger partial charge on any atom is 0.223 e. The molecule has 20 heavy (non-hydrogen) atoms. The first-order chi connectivity index (χ1) is 9.63. The lowest BCUT2D eigenvalue weighted by atomic mass is 9.78. The minimum Gasteiger partial charge on any atom is -0.356 e. The average Bonchev–Trinajstić information content (AvgIpc) is 3.06. The number of nitrogens with one attached hydrogen (secondary N) is 1. The van der Waals surface area contributed by atoms with Crippen LogP contribution in [-0.4, -0.2) is 18.5 Å². The lowest BCUT2D eigenvalue weighted by Gasteiger charge is -2.31. The van der Waals surface area contributed by atoms with E-state index in [0.29, 0.717) is 12.0 Å². The molecule has 3 rings (SSSR count). The number of carbonyl (C=O) groups excluding carboxylic acids is 1. The summed E-state index contributed by atoms with van der Waals surface area (Å²) in [6, 6.07) is 0.314. The fraction of sp³-hybridized carbons (Fsp3) is 0.941. The van der Waals surface area contributed by atoms with Crippen LogP contribution < -0.4 is 11.1 Å². The third-order valence-corrected chi connectivity index (χ3v) is 6.30. The Morgan fingerprint density at radius 1 is 1.20 bits per heavy atom. The smallest absolute Gasteiger partial charge is 0.223 e. The molecule has 3 nitrogen and oxygen atoms in total. The molecule has 0 heterocycles. The van der Waals surface area contributed by atoms with Crippen molar-refractivity contribution < 1.29 is 4.79 Å². The number of carbonyl (C=O) groups is 1. The molecule has 6 atom stereocenters. The fourth-order valence-corrected chi connectivity index (χ4v) is 4.95. The van der Waals surface area contributed by atoms with Gasteiger partial charge in [0, 0.05) is 18.5 Å². The van der Waals surface area contributed by atoms with Gasteiger partial charge in [-0.25, -0.2) is 0 Å². The molecule has 3 fully saturated rings. The summed E-state index contributed by atoms with van der Waals surface area (Å²) in [5.41, 5.74) is 6.05. The minimum atomic E-state index is 0.139. The van der Waals surface area contributed by atoms with Crippen LogP contribution in [0.4, 0.5) is 0 Å². The van der Waals surface area contributed by atoms with Gasteiger partial charge < -0.3 is 11.1 Å². The molecule has 0 aromatic rings. The monoisotopic (exact) mass is 278 g/mol. The molecule has 0 spiro atoms. The Morgan fingerprint density at radius 2 is 2.05 bits per heavy atom. The van der Waals surface area contributed by atoms with E-state index in [2.05, 4.69) is 12.2 Å². The second-order valence-corrected chi connectivity index (χ2v) is 7.66. The number of amides is 1. The molecule has 0 aromatic heterocycles. The largest absolute Gasteiger partial charge is 0.356 e. The predicted molar refractivity (Wildman–Crippen MR) is 81.0 cm³/mol. The molecule has 1 amide bonds. The van der Waals surface area contributed by atoms with Crippen molar-refractivity contribution in [3.05, 3.63) is 0 Å². The van der Waals surface area contributed by atoms with E-state index in [9.17, 15) is 4.79 Å². The van der Waals surface area contributed by atoms with E-state index in [0.717, 1.165) is 37.1 Å². The Balaban J connectivity index is 1.44. The topological polar surface area (TPSA) is 55.1 Å². The third kappa shape index (κ3) is 3.03. The maximum absolute atomic E-state index is 12.4. The molecule has 3 saturated carbocycles. The van der Waals surface area contributed by atoms with Gasteiger partial charge in [-0.05, 0) is 62.2 Å². The highest BCUT2D eigenvalue weighted by atomic mass is 16.1. The van der Waals surface area contributed by atoms with Crippen LogP contribution in [0.5, 0.6) is 0 Å². The van der Waals surface area contributed by atoms with Crippen LogP contribution >= 0.6 is 0 Å². The Bertz CT molecular complexity index is 357. The first-order valence-corrected chi connectivity index (χ1v) is 8.66. The molecule has 3 heteroatoms. The van der Waals surface area contributed by atoms with Gasteiger partial charge >= 0.3 is 0 Å². The predicted octanol–water partition coefficient (Wildman–Crippen LogP) is 2.69. The first-order valence-electron chi connectivity index (χ1n) is 8.66. The summed E-state index contributed by atoms with van der Waals surface area (Å²) in [5.74, 6) is 3.54. The number of hydrogen-bond donors (Lipinski definition) is 2. The van der Waals surface area contributed by atoms with E-state index < -0.39 is 0 Å². The molecular weight excluding hydrogens is 248 g/mol. The van der Waals surface area contributed by atoms with Crippen LogP contribution in [0.2, 0.25) is 0 Å². The molecule has 3 N–H and O–H groups in total. The molecule has 3 aliphatic rings. The zero-order valence-electron chi connectivity index (χ0n) is 12.8. The molecular formula is C17H30N2O. The summed E-state index contributed by atoms with van der Waals surface area (Å²) in [6.45, 7) is 3.02. The molecule has 114 valence electrons. The minimum absolute atomic E-state index is 0.139. The van der Waals surface area contributed by atoms with Gasteiger partial charge in [-0.2, -0.15) is 0 Å². The Hall–Kier alpha value is -0.570. The SMILES string of the molecule is CC(C(=O)NCC1CC2CCC1C2)C1CCCC(N)C1. The quantitative estimate of drug-likeness (QED) is 0.830. The Kier molecular flexibility index (Phi) is 4.34. The number of rotatable bonds is 4. The molecule has 0 aliphatic heterocycles. The van der Waals surface area contributed by atoms with Crippen LogP contribution in [-0.2, 0) is 4.79 Å². The number of hydrogen-bond acceptors (Lipinski definition) is 2. The standard InChI is InChI=1S/C17H30N2O/c1-11(13-3-2-4-16(18)9-13)17(20)19-10-15-8-12-5-6-14(15)7-12/h11-16H,2-10,18H2,1H3,(H,19,20). The van der Waals surface area contributed by atoms with Crippen LogP contribution in [0.1, 0.15) is 58.3 Å². The number of fused-ring (bicyclic) bond motifs is 2. The van der Waals surface area contributed by atoms with Gasteiger partial charge in [0.1, 0.15) is 0 Å². The Labute approximate surface area is 123 Å². The fourth-order valence-electron chi connectivity index (χ4n) is 4.95. The van der Waals surface area contributed by atoms with E-state index in [1.54, 1.807) is 0 Å². The second-order valence-electron chi connectivity index (χ2n) is 7.66. The number of nitrogens with two attached hydrogens (primary N) is 1. The van der Waals surface area contributed by atoms with Crippen LogP contribution in [0.15, 0.2) is 0 Å². The summed E-state index contributed by atoms with van der Waals surface area (Å²) >= 11 is 0. The average molecular weight is 278 g/mol. The molecule has 6 unspecified atom stereocenters. The van der Waals surface area contributed by atoms with Crippen molar-refractivity contribution in [1.82, 2.24) is 5.32 Å². The summed E-state index contributed by atoms with van der Waals surface area (Å²) in [4.78, 5) is 12.4. The zero-order chi connectivity index (χ0) is 14.1. The summed E-state index contributed by atoms with van der Waals surface area (Å²) in [7, 11) is 0. The second kappa shape index (κ2) is 6.05. The highest BCUT2D eigenvalue weighted by Gasteiger charge is 2.39. The van der Waals surface area contributed by atoms with E-state index in [1.165, 1.54) is 38.5 Å². The summed E-state index contributed by atoms with van der Waals surface area (Å²) in [5, 5.41) is 3.24. The first kappa shape index (κ1) is 14.4. The van der Waals surface area contributed by atoms with Crippen LogP contribution in [0.3, 0.4) is 0 Å². The Morgan fingerprint density at radius 3 is 2.70 bits per heavy atom. The van der Waals surface area contributed by atoms with Crippen molar-refractivity contribution >= 4 is 5.91 Å². The highest BCUT2D eigenvalue weighted by Crippen LogP contribution is 2.47. The highest BCUT2D eigenvalue weighted by molar-refractivity contribution is 5.78. The van der Waals surface area contributed by atoms with Crippen molar-refractivity contribution in [1.29, 1.82) is 0 Å². The van der Waals surface area contributed by atoms with E-state index in [1.807, 2.05) is 0 Å². The van der Waals surface area contributed by atoms with Crippen molar-refractivity contribution in [2.75, 3.05) is 6.54 Å². The van der Waals surface area contributed by atoms with Gasteiger partial charge in [0.15, 0.2) is 0 Å². The maximum atomic E-state index is 12.4. The van der Waals surface area contributed by atoms with Crippen molar-refractivity contribution in [2.24, 2.45) is 35.3 Å². The lowest BCUT2D eigenvalue weighted by molar-refractivity contribution is -0.126. The van der Waals surface area contributed by atoms with Crippen molar-refractivity contribution in [3.8, 4) is 0 Å². The molecule has 0 aromatic carbocycles. The summed E-state index contributed by atoms with van der Waals surface area (Å²) < 4.78 is 0. The zero-order valence-corrected chi connectivity index (χ0v) is 12.8. The van der Waals surface area contributed by atoms with Gasteiger partial charge in [0.2, 0.25) is 5.91 Å². The van der Waals surface area contributed by atoms with Crippen LogP contribution in [0, 0.1) is 29.6 Å². The van der Waals surface area contributed by atoms with Gasteiger partial charge in [0.05, 0.1) is 0 Å². The summed E-state index contributed by atoms with van der Waals surface area (Å²) in [6.07, 6.45) is 10.1. The van der Waals surface area contributed by atoms with Gasteiger partial charge in [-0.15, -0.1) is 0 Å². The van der Waals surface area contributed by atoms with E-state index in [4.69, 9.17) is 5.73 Å². The molecule has 0 radical (unpaired) electrons. The van der Waals surface area contributed by atoms with E-state index in [-0.39, 0.29) is 11.8 Å². The van der Waals surface area contributed by atoms with Crippen molar-refractivity contribution in [3.63, 3.8) is 0 Å². The normalized spacial score (nSPS) is 41.6. The van der Waals surface area contributed by atoms with Gasteiger partial charge in [-0.1, -0.05) is 19.8 Å². The molecule has 3 aliphatic carbocycles. The van der Waals surface area contributed by atoms with Crippen LogP contribution in [0.25, 0.3) is 0 Å². The van der Waals surface area contributed by atoms with Crippen molar-refractivity contribution in [2.45, 2.75) is 64.3 Å². The molecule has 0 saturated heterocycles. The molecule has 2 bridgehead atoms.